The van der Waals surface area contributed by atoms with Crippen LogP contribution in [0.15, 0.2) is 33.4 Å². The fraction of sp³-hybridized carbons (Fsp3) is 0.312. The van der Waals surface area contributed by atoms with Crippen LogP contribution in [0.2, 0.25) is 0 Å². The Morgan fingerprint density at radius 1 is 1.44 bits per heavy atom. The van der Waals surface area contributed by atoms with Gasteiger partial charge in [-0.25, -0.2) is 0 Å². The Morgan fingerprint density at radius 3 is 2.88 bits per heavy atom. The number of furan rings is 1. The van der Waals surface area contributed by atoms with Crippen molar-refractivity contribution in [2.45, 2.75) is 31.7 Å². The lowest BCUT2D eigenvalue weighted by Crippen LogP contribution is -2.44. The molecule has 3 aromatic rings. The standard InChI is InChI=1S/C16H16N4O3S.ClH/c1-9-8-11(18-13(21)10-4-2-7-22-10)24-12(9)14-19-15(20-23-14)16(17)5-3-6-16;/h2,4,7-8H,3,5-6,17H2,1H3,(H,18,21);1H. The number of amides is 1. The molecule has 1 saturated carbocycles. The normalized spacial score (nSPS) is 15.3. The summed E-state index contributed by atoms with van der Waals surface area (Å²) in [6, 6.07) is 5.15. The summed E-state index contributed by atoms with van der Waals surface area (Å²) in [7, 11) is 0. The molecule has 3 heterocycles. The third-order valence-corrected chi connectivity index (χ3v) is 5.35. The molecule has 4 rings (SSSR count). The number of carbonyl (C=O) groups is 1. The SMILES string of the molecule is Cc1cc(NC(=O)c2ccco2)sc1-c1nc(C2(N)CCC2)no1.Cl. The van der Waals surface area contributed by atoms with Gasteiger partial charge in [-0.1, -0.05) is 5.16 Å². The van der Waals surface area contributed by atoms with Gasteiger partial charge in [0.25, 0.3) is 11.8 Å². The summed E-state index contributed by atoms with van der Waals surface area (Å²) >= 11 is 1.38. The monoisotopic (exact) mass is 380 g/mol. The summed E-state index contributed by atoms with van der Waals surface area (Å²) in [5.74, 6) is 0.951. The van der Waals surface area contributed by atoms with Crippen molar-refractivity contribution in [3.8, 4) is 10.8 Å². The zero-order chi connectivity index (χ0) is 16.7. The van der Waals surface area contributed by atoms with Gasteiger partial charge in [0, 0.05) is 0 Å². The summed E-state index contributed by atoms with van der Waals surface area (Å²) in [5.41, 5.74) is 6.72. The number of halogens is 1. The number of rotatable bonds is 4. The highest BCUT2D eigenvalue weighted by Gasteiger charge is 2.39. The van der Waals surface area contributed by atoms with E-state index >= 15 is 0 Å². The molecule has 0 radical (unpaired) electrons. The zero-order valence-corrected chi connectivity index (χ0v) is 15.1. The highest BCUT2D eigenvalue weighted by atomic mass is 35.5. The van der Waals surface area contributed by atoms with Crippen LogP contribution in [0.1, 0.15) is 41.2 Å². The molecule has 25 heavy (non-hydrogen) atoms. The van der Waals surface area contributed by atoms with Crippen LogP contribution in [0, 0.1) is 6.92 Å². The number of hydrogen-bond donors (Lipinski definition) is 2. The van der Waals surface area contributed by atoms with Gasteiger partial charge in [0.05, 0.1) is 21.7 Å². The fourth-order valence-electron chi connectivity index (χ4n) is 2.64. The predicted molar refractivity (Wildman–Crippen MR) is 96.0 cm³/mol. The van der Waals surface area contributed by atoms with Crippen molar-refractivity contribution in [2.75, 3.05) is 5.32 Å². The van der Waals surface area contributed by atoms with Crippen LogP contribution in [0.3, 0.4) is 0 Å². The molecule has 0 atom stereocenters. The Hall–Kier alpha value is -2.16. The molecule has 7 nitrogen and oxygen atoms in total. The van der Waals surface area contributed by atoms with Crippen molar-refractivity contribution >= 4 is 34.7 Å². The topological polar surface area (TPSA) is 107 Å². The van der Waals surface area contributed by atoms with Crippen LogP contribution in [0.5, 0.6) is 0 Å². The number of nitrogens with one attached hydrogen (secondary N) is 1. The maximum absolute atomic E-state index is 12.0. The van der Waals surface area contributed by atoms with Crippen molar-refractivity contribution in [3.63, 3.8) is 0 Å². The van der Waals surface area contributed by atoms with Crippen molar-refractivity contribution in [1.82, 2.24) is 10.1 Å². The van der Waals surface area contributed by atoms with Crippen LogP contribution in [-0.2, 0) is 5.54 Å². The van der Waals surface area contributed by atoms with Crippen LogP contribution in [0.25, 0.3) is 10.8 Å². The van der Waals surface area contributed by atoms with Gasteiger partial charge in [0.15, 0.2) is 11.6 Å². The smallest absolute Gasteiger partial charge is 0.291 e. The molecule has 132 valence electrons. The molecule has 9 heteroatoms. The maximum atomic E-state index is 12.0. The second kappa shape index (κ2) is 6.62. The average molecular weight is 381 g/mol. The summed E-state index contributed by atoms with van der Waals surface area (Å²) in [6.45, 7) is 1.93. The first kappa shape index (κ1) is 17.7. The molecule has 0 aliphatic heterocycles. The molecule has 3 aromatic heterocycles. The maximum Gasteiger partial charge on any atom is 0.291 e. The first-order valence-electron chi connectivity index (χ1n) is 7.64. The summed E-state index contributed by atoms with van der Waals surface area (Å²) in [5, 5.41) is 7.53. The Balaban J connectivity index is 0.00000182. The van der Waals surface area contributed by atoms with E-state index in [2.05, 4.69) is 15.5 Å². The quantitative estimate of drug-likeness (QED) is 0.714. The minimum atomic E-state index is -0.455. The van der Waals surface area contributed by atoms with Gasteiger partial charge in [-0.3, -0.25) is 4.79 Å². The summed E-state index contributed by atoms with van der Waals surface area (Å²) in [6.07, 6.45) is 4.30. The number of nitrogens with two attached hydrogens (primary N) is 1. The molecule has 0 bridgehead atoms. The van der Waals surface area contributed by atoms with E-state index in [1.165, 1.54) is 17.6 Å². The lowest BCUT2D eigenvalue weighted by Gasteiger charge is -2.34. The van der Waals surface area contributed by atoms with E-state index in [-0.39, 0.29) is 24.1 Å². The number of hydrogen-bond acceptors (Lipinski definition) is 7. The molecule has 1 amide bonds. The van der Waals surface area contributed by atoms with Crippen molar-refractivity contribution in [2.24, 2.45) is 5.73 Å². The minimum absolute atomic E-state index is 0. The van der Waals surface area contributed by atoms with Gasteiger partial charge >= 0.3 is 0 Å². The highest BCUT2D eigenvalue weighted by Crippen LogP contribution is 2.39. The van der Waals surface area contributed by atoms with Crippen LogP contribution in [-0.4, -0.2) is 16.0 Å². The third-order valence-electron chi connectivity index (χ3n) is 4.21. The van der Waals surface area contributed by atoms with Crippen LogP contribution >= 0.6 is 23.7 Å². The number of aromatic nitrogens is 2. The lowest BCUT2D eigenvalue weighted by atomic mass is 9.77. The van der Waals surface area contributed by atoms with E-state index in [0.717, 1.165) is 29.7 Å². The molecule has 3 N–H and O–H groups in total. The average Bonchev–Trinajstić information content (AvgIpc) is 3.25. The second-order valence-electron chi connectivity index (χ2n) is 5.99. The van der Waals surface area contributed by atoms with Crippen molar-refractivity contribution in [1.29, 1.82) is 0 Å². The zero-order valence-electron chi connectivity index (χ0n) is 13.4. The molecular formula is C16H17ClN4O3S. The third kappa shape index (κ3) is 3.20. The molecule has 0 spiro atoms. The fourth-order valence-corrected chi connectivity index (χ4v) is 3.63. The summed E-state index contributed by atoms with van der Waals surface area (Å²) in [4.78, 5) is 17.3. The molecule has 1 aliphatic carbocycles. The second-order valence-corrected chi connectivity index (χ2v) is 7.04. The number of anilines is 1. The Kier molecular flexibility index (Phi) is 4.68. The Morgan fingerprint density at radius 2 is 2.24 bits per heavy atom. The van der Waals surface area contributed by atoms with Gasteiger partial charge in [-0.05, 0) is 49.9 Å². The first-order chi connectivity index (χ1) is 11.5. The van der Waals surface area contributed by atoms with Gasteiger partial charge < -0.3 is 20.0 Å². The number of aryl methyl sites for hydroxylation is 1. The molecule has 1 fully saturated rings. The first-order valence-corrected chi connectivity index (χ1v) is 8.45. The van der Waals surface area contributed by atoms with Crippen molar-refractivity contribution in [3.05, 3.63) is 41.6 Å². The number of nitrogens with zero attached hydrogens (tertiary/aromatic N) is 2. The largest absolute Gasteiger partial charge is 0.459 e. The van der Waals surface area contributed by atoms with E-state index in [1.807, 2.05) is 13.0 Å². The van der Waals surface area contributed by atoms with E-state index in [9.17, 15) is 4.79 Å². The molecular weight excluding hydrogens is 364 g/mol. The molecule has 0 saturated heterocycles. The minimum Gasteiger partial charge on any atom is -0.459 e. The van der Waals surface area contributed by atoms with Gasteiger partial charge in [0.2, 0.25) is 0 Å². The van der Waals surface area contributed by atoms with E-state index in [4.69, 9.17) is 14.7 Å². The van der Waals surface area contributed by atoms with E-state index in [1.54, 1.807) is 12.1 Å². The molecule has 0 aromatic carbocycles. The Labute approximate surface area is 154 Å². The van der Waals surface area contributed by atoms with Crippen LogP contribution in [0.4, 0.5) is 5.00 Å². The molecule has 0 unspecified atom stereocenters. The van der Waals surface area contributed by atoms with Gasteiger partial charge in [0.1, 0.15) is 0 Å². The molecule has 1 aliphatic rings. The summed E-state index contributed by atoms with van der Waals surface area (Å²) < 4.78 is 10.5. The van der Waals surface area contributed by atoms with Crippen LogP contribution < -0.4 is 11.1 Å². The Bertz CT molecular complexity index is 883. The van der Waals surface area contributed by atoms with Gasteiger partial charge in [-0.2, -0.15) is 4.98 Å². The van der Waals surface area contributed by atoms with E-state index in [0.29, 0.717) is 16.7 Å². The van der Waals surface area contributed by atoms with Crippen molar-refractivity contribution < 1.29 is 13.7 Å². The number of carbonyl (C=O) groups excluding carboxylic acids is 1. The highest BCUT2D eigenvalue weighted by molar-refractivity contribution is 7.19. The number of thiophene rings is 1. The lowest BCUT2D eigenvalue weighted by molar-refractivity contribution is 0.0997. The predicted octanol–water partition coefficient (Wildman–Crippen LogP) is 3.71. The van der Waals surface area contributed by atoms with Gasteiger partial charge in [-0.15, -0.1) is 23.7 Å². The van der Waals surface area contributed by atoms with E-state index < -0.39 is 5.54 Å².